The zero-order valence-corrected chi connectivity index (χ0v) is 29.8. The number of hydrogen-bond donors (Lipinski definition) is 0. The Morgan fingerprint density at radius 1 is 0.298 bits per heavy atom. The van der Waals surface area contributed by atoms with Crippen LogP contribution < -0.4 is 0 Å². The molecule has 1 aliphatic heterocycles. The highest BCUT2D eigenvalue weighted by Gasteiger charge is 2.46. The summed E-state index contributed by atoms with van der Waals surface area (Å²) in [6, 6.07) is 41.0. The summed E-state index contributed by atoms with van der Waals surface area (Å²) in [5.74, 6) is 0. The van der Waals surface area contributed by atoms with E-state index in [4.69, 9.17) is 0 Å². The van der Waals surface area contributed by atoms with E-state index in [1.165, 1.54) is 100 Å². The lowest BCUT2D eigenvalue weighted by Crippen LogP contribution is -2.02. The third kappa shape index (κ3) is 5.45. The first-order chi connectivity index (χ1) is 22.7. The van der Waals surface area contributed by atoms with Gasteiger partial charge in [-0.25, -0.2) is 0 Å². The van der Waals surface area contributed by atoms with Crippen LogP contribution in [0.1, 0.15) is 66.1 Å². The summed E-state index contributed by atoms with van der Waals surface area (Å²) in [6.07, 6.45) is 0. The molecule has 6 aromatic carbocycles. The van der Waals surface area contributed by atoms with Crippen LogP contribution in [0.5, 0.6) is 0 Å². The molecule has 1 fully saturated rings. The smallest absolute Gasteiger partial charge is 0.0476 e. The molecule has 0 nitrogen and oxygen atoms in total. The molecule has 1 aliphatic rings. The summed E-state index contributed by atoms with van der Waals surface area (Å²) in [5.41, 5.74) is 24.6. The van der Waals surface area contributed by atoms with Crippen LogP contribution in [-0.4, -0.2) is 0 Å². The second-order valence-corrected chi connectivity index (χ2v) is 14.9. The summed E-state index contributed by atoms with van der Waals surface area (Å²) in [6.45, 7) is 18.1. The molecule has 7 rings (SSSR count). The Balaban J connectivity index is 1.52. The van der Waals surface area contributed by atoms with E-state index in [1.807, 2.05) is 0 Å². The minimum absolute atomic E-state index is 0.327. The molecular formula is C46H44S. The standard InChI is InChI=1S/C46H44S/c1-27-15-9-16-28(2)39(27)35-23-13-24-36(40-29(3)17-10-18-30(40)4)43(35)45-46(47-45)44-37(41-31(5)19-11-20-32(41)6)25-14-26-38(44)42-33(7)21-12-22-34(42)8/h9-26,45-46H,1-8H3. The largest absolute Gasteiger partial charge is 0.142 e. The minimum atomic E-state index is 0.327. The normalized spacial score (nSPS) is 15.6. The van der Waals surface area contributed by atoms with Crippen LogP contribution in [0.3, 0.4) is 0 Å². The lowest BCUT2D eigenvalue weighted by molar-refractivity contribution is 1.03. The van der Waals surface area contributed by atoms with Gasteiger partial charge in [-0.1, -0.05) is 109 Å². The molecule has 1 saturated heterocycles. The molecule has 1 heterocycles. The van der Waals surface area contributed by atoms with Crippen molar-refractivity contribution in [2.75, 3.05) is 0 Å². The van der Waals surface area contributed by atoms with Crippen molar-refractivity contribution in [1.29, 1.82) is 0 Å². The van der Waals surface area contributed by atoms with E-state index in [0.717, 1.165) is 0 Å². The first kappa shape index (κ1) is 31.3. The fraction of sp³-hybridized carbons (Fsp3) is 0.217. The van der Waals surface area contributed by atoms with Crippen molar-refractivity contribution in [3.63, 3.8) is 0 Å². The van der Waals surface area contributed by atoms with Crippen LogP contribution in [0.2, 0.25) is 0 Å². The number of aryl methyl sites for hydroxylation is 8. The lowest BCUT2D eigenvalue weighted by Gasteiger charge is -2.22. The van der Waals surface area contributed by atoms with Crippen molar-refractivity contribution in [2.24, 2.45) is 0 Å². The van der Waals surface area contributed by atoms with E-state index in [0.29, 0.717) is 10.5 Å². The molecule has 0 aliphatic carbocycles. The molecule has 234 valence electrons. The van der Waals surface area contributed by atoms with Gasteiger partial charge in [-0.3, -0.25) is 0 Å². The van der Waals surface area contributed by atoms with Gasteiger partial charge in [-0.2, -0.15) is 0 Å². The quantitative estimate of drug-likeness (QED) is 0.165. The van der Waals surface area contributed by atoms with E-state index in [9.17, 15) is 0 Å². The topological polar surface area (TPSA) is 0 Å². The Kier molecular flexibility index (Phi) is 8.23. The van der Waals surface area contributed by atoms with Crippen molar-refractivity contribution in [3.05, 3.63) is 165 Å². The number of thioether (sulfide) groups is 1. The van der Waals surface area contributed by atoms with Gasteiger partial charge in [0.15, 0.2) is 0 Å². The lowest BCUT2D eigenvalue weighted by atomic mass is 9.80. The predicted octanol–water partition coefficient (Wildman–Crippen LogP) is 13.4. The zero-order valence-electron chi connectivity index (χ0n) is 29.0. The van der Waals surface area contributed by atoms with Crippen LogP contribution in [0, 0.1) is 55.4 Å². The molecule has 2 unspecified atom stereocenters. The number of benzene rings is 6. The predicted molar refractivity (Wildman–Crippen MR) is 206 cm³/mol. The average molecular weight is 629 g/mol. The maximum Gasteiger partial charge on any atom is 0.0476 e. The number of rotatable bonds is 6. The highest BCUT2D eigenvalue weighted by Crippen LogP contribution is 2.71. The molecule has 6 aromatic rings. The maximum absolute atomic E-state index is 2.38. The van der Waals surface area contributed by atoms with Crippen molar-refractivity contribution < 1.29 is 0 Å². The summed E-state index contributed by atoms with van der Waals surface area (Å²) in [7, 11) is 0. The first-order valence-electron chi connectivity index (χ1n) is 16.8. The molecule has 0 aromatic heterocycles. The molecule has 0 N–H and O–H groups in total. The molecule has 0 amide bonds. The Morgan fingerprint density at radius 2 is 0.489 bits per heavy atom. The van der Waals surface area contributed by atoms with Gasteiger partial charge < -0.3 is 0 Å². The third-order valence-electron chi connectivity index (χ3n) is 10.3. The summed E-state index contributed by atoms with van der Waals surface area (Å²) >= 11 is 2.12. The van der Waals surface area contributed by atoms with Crippen LogP contribution in [0.25, 0.3) is 44.5 Å². The van der Waals surface area contributed by atoms with Gasteiger partial charge in [-0.15, -0.1) is 11.8 Å². The van der Waals surface area contributed by atoms with E-state index in [-0.39, 0.29) is 0 Å². The fourth-order valence-electron chi connectivity index (χ4n) is 8.12. The van der Waals surface area contributed by atoms with E-state index in [1.54, 1.807) is 0 Å². The molecule has 0 radical (unpaired) electrons. The van der Waals surface area contributed by atoms with Gasteiger partial charge in [0.05, 0.1) is 0 Å². The maximum atomic E-state index is 2.38. The summed E-state index contributed by atoms with van der Waals surface area (Å²) in [4.78, 5) is 0. The van der Waals surface area contributed by atoms with Crippen LogP contribution >= 0.6 is 11.8 Å². The van der Waals surface area contributed by atoms with Gasteiger partial charge in [0.25, 0.3) is 0 Å². The highest BCUT2D eigenvalue weighted by atomic mass is 32.2. The van der Waals surface area contributed by atoms with E-state index < -0.39 is 0 Å². The van der Waals surface area contributed by atoms with E-state index in [2.05, 4.69) is 176 Å². The molecular weight excluding hydrogens is 585 g/mol. The minimum Gasteiger partial charge on any atom is -0.142 e. The molecule has 0 spiro atoms. The molecule has 0 bridgehead atoms. The fourth-order valence-corrected chi connectivity index (χ4v) is 9.40. The van der Waals surface area contributed by atoms with Gasteiger partial charge in [0.1, 0.15) is 0 Å². The van der Waals surface area contributed by atoms with Crippen molar-refractivity contribution in [2.45, 2.75) is 65.9 Å². The average Bonchev–Trinajstić information content (AvgIpc) is 3.81. The Bertz CT molecular complexity index is 1790. The SMILES string of the molecule is Cc1cccc(C)c1-c1cccc(-c2c(C)cccc2C)c1C1SC1c1c(-c2c(C)cccc2C)cccc1-c1c(C)cccc1C. The first-order valence-corrected chi connectivity index (χ1v) is 17.8. The van der Waals surface area contributed by atoms with Crippen LogP contribution in [0.4, 0.5) is 0 Å². The van der Waals surface area contributed by atoms with Gasteiger partial charge in [0, 0.05) is 10.5 Å². The monoisotopic (exact) mass is 628 g/mol. The second kappa shape index (κ2) is 12.4. The Morgan fingerprint density at radius 3 is 0.702 bits per heavy atom. The van der Waals surface area contributed by atoms with Crippen LogP contribution in [0.15, 0.2) is 109 Å². The van der Waals surface area contributed by atoms with Crippen molar-refractivity contribution in [3.8, 4) is 44.5 Å². The molecule has 1 heteroatoms. The Hall–Kier alpha value is -4.33. The third-order valence-corrected chi connectivity index (χ3v) is 11.6. The second-order valence-electron chi connectivity index (χ2n) is 13.6. The van der Waals surface area contributed by atoms with Crippen molar-refractivity contribution in [1.82, 2.24) is 0 Å². The summed E-state index contributed by atoms with van der Waals surface area (Å²) in [5, 5.41) is 0.653. The Labute approximate surface area is 285 Å². The molecule has 0 saturated carbocycles. The van der Waals surface area contributed by atoms with Gasteiger partial charge in [-0.05, 0) is 156 Å². The number of hydrogen-bond acceptors (Lipinski definition) is 1. The molecule has 2 atom stereocenters. The van der Waals surface area contributed by atoms with E-state index >= 15 is 0 Å². The zero-order chi connectivity index (χ0) is 33.0. The van der Waals surface area contributed by atoms with Crippen LogP contribution in [-0.2, 0) is 0 Å². The highest BCUT2D eigenvalue weighted by molar-refractivity contribution is 8.06. The van der Waals surface area contributed by atoms with Gasteiger partial charge in [0.2, 0.25) is 0 Å². The van der Waals surface area contributed by atoms with Crippen molar-refractivity contribution >= 4 is 11.8 Å². The van der Waals surface area contributed by atoms with Gasteiger partial charge >= 0.3 is 0 Å². The summed E-state index contributed by atoms with van der Waals surface area (Å²) < 4.78 is 0. The molecule has 47 heavy (non-hydrogen) atoms.